The van der Waals surface area contributed by atoms with Gasteiger partial charge in [0, 0.05) is 32.1 Å². The van der Waals surface area contributed by atoms with Crippen LogP contribution in [0.2, 0.25) is 0 Å². The summed E-state index contributed by atoms with van der Waals surface area (Å²) in [5.74, 6) is 0.315. The molecular formula is C15H23N5O2. The van der Waals surface area contributed by atoms with Gasteiger partial charge in [0.05, 0.1) is 17.5 Å². The maximum absolute atomic E-state index is 12.3. The monoisotopic (exact) mass is 305 g/mol. The summed E-state index contributed by atoms with van der Waals surface area (Å²) in [4.78, 5) is 25.5. The molecule has 22 heavy (non-hydrogen) atoms. The molecule has 2 heterocycles. The standard InChI is InChI=1S/C15H23N5O2/c21-14(16-6-8-20-9-7-17-15(20)22)12-10-18-19-13(12)11-4-2-1-3-5-11/h10-11H,1-9H2,(H,16,21)(H,17,22)(H,18,19). The van der Waals surface area contributed by atoms with Crippen LogP contribution in [0.4, 0.5) is 4.79 Å². The van der Waals surface area contributed by atoms with E-state index in [1.54, 1.807) is 11.1 Å². The number of nitrogens with one attached hydrogen (secondary N) is 3. The fourth-order valence-electron chi connectivity index (χ4n) is 3.30. The summed E-state index contributed by atoms with van der Waals surface area (Å²) >= 11 is 0. The summed E-state index contributed by atoms with van der Waals surface area (Å²) in [5.41, 5.74) is 1.62. The number of aromatic nitrogens is 2. The molecule has 0 spiro atoms. The summed E-state index contributed by atoms with van der Waals surface area (Å²) in [6, 6.07) is -0.0551. The summed E-state index contributed by atoms with van der Waals surface area (Å²) in [6.45, 7) is 2.38. The molecule has 2 aliphatic rings. The number of urea groups is 1. The number of nitrogens with zero attached hydrogens (tertiary/aromatic N) is 2. The number of carbonyl (C=O) groups is 2. The third-order valence-electron chi connectivity index (χ3n) is 4.54. The predicted octanol–water partition coefficient (Wildman–Crippen LogP) is 1.21. The second-order valence-corrected chi connectivity index (χ2v) is 6.01. The van der Waals surface area contributed by atoms with E-state index < -0.39 is 0 Å². The molecule has 0 unspecified atom stereocenters. The van der Waals surface area contributed by atoms with Crippen molar-refractivity contribution in [3.05, 3.63) is 17.5 Å². The van der Waals surface area contributed by atoms with Crippen LogP contribution in [-0.2, 0) is 0 Å². The summed E-state index contributed by atoms with van der Waals surface area (Å²) in [6.07, 6.45) is 7.57. The number of hydrogen-bond donors (Lipinski definition) is 3. The van der Waals surface area contributed by atoms with Crippen molar-refractivity contribution in [2.24, 2.45) is 0 Å². The fraction of sp³-hybridized carbons (Fsp3) is 0.667. The largest absolute Gasteiger partial charge is 0.350 e. The van der Waals surface area contributed by atoms with Crippen LogP contribution in [-0.4, -0.2) is 53.2 Å². The molecule has 0 atom stereocenters. The van der Waals surface area contributed by atoms with Gasteiger partial charge in [0.1, 0.15) is 0 Å². The summed E-state index contributed by atoms with van der Waals surface area (Å²) < 4.78 is 0. The van der Waals surface area contributed by atoms with E-state index in [0.717, 1.165) is 18.5 Å². The molecule has 7 heteroatoms. The molecule has 0 bridgehead atoms. The van der Waals surface area contributed by atoms with E-state index in [2.05, 4.69) is 20.8 Å². The number of aromatic amines is 1. The van der Waals surface area contributed by atoms with Crippen molar-refractivity contribution < 1.29 is 9.59 Å². The number of hydrogen-bond acceptors (Lipinski definition) is 3. The maximum atomic E-state index is 12.3. The van der Waals surface area contributed by atoms with Gasteiger partial charge in [-0.05, 0) is 12.8 Å². The number of amides is 3. The number of carbonyl (C=O) groups excluding carboxylic acids is 2. The first-order valence-corrected chi connectivity index (χ1v) is 8.10. The highest BCUT2D eigenvalue weighted by Crippen LogP contribution is 2.32. The minimum absolute atomic E-state index is 0.0551. The van der Waals surface area contributed by atoms with Crippen molar-refractivity contribution in [1.82, 2.24) is 25.7 Å². The van der Waals surface area contributed by atoms with Gasteiger partial charge in [-0.15, -0.1) is 0 Å². The Bertz CT molecular complexity index is 536. The second-order valence-electron chi connectivity index (χ2n) is 6.01. The molecule has 1 saturated carbocycles. The molecule has 1 saturated heterocycles. The molecule has 7 nitrogen and oxygen atoms in total. The van der Waals surface area contributed by atoms with Gasteiger partial charge in [0.15, 0.2) is 0 Å². The molecule has 0 aromatic carbocycles. The zero-order chi connectivity index (χ0) is 15.4. The Morgan fingerprint density at radius 3 is 2.91 bits per heavy atom. The Hall–Kier alpha value is -2.05. The van der Waals surface area contributed by atoms with Crippen LogP contribution in [0, 0.1) is 0 Å². The highest BCUT2D eigenvalue weighted by Gasteiger charge is 2.24. The average Bonchev–Trinajstić information content (AvgIpc) is 3.17. The van der Waals surface area contributed by atoms with E-state index >= 15 is 0 Å². The topological polar surface area (TPSA) is 90.1 Å². The first-order valence-electron chi connectivity index (χ1n) is 8.10. The Labute approximate surface area is 129 Å². The minimum Gasteiger partial charge on any atom is -0.350 e. The number of rotatable bonds is 5. The van der Waals surface area contributed by atoms with E-state index in [9.17, 15) is 9.59 Å². The smallest absolute Gasteiger partial charge is 0.317 e. The van der Waals surface area contributed by atoms with Crippen molar-refractivity contribution in [2.75, 3.05) is 26.2 Å². The molecule has 120 valence electrons. The average molecular weight is 305 g/mol. The Morgan fingerprint density at radius 1 is 1.36 bits per heavy atom. The first kappa shape index (κ1) is 14.9. The zero-order valence-corrected chi connectivity index (χ0v) is 12.7. The van der Waals surface area contributed by atoms with Gasteiger partial charge in [-0.25, -0.2) is 4.79 Å². The van der Waals surface area contributed by atoms with E-state index in [4.69, 9.17) is 0 Å². The molecule has 3 N–H and O–H groups in total. The molecule has 2 fully saturated rings. The van der Waals surface area contributed by atoms with Gasteiger partial charge in [-0.3, -0.25) is 9.89 Å². The van der Waals surface area contributed by atoms with Gasteiger partial charge in [-0.2, -0.15) is 5.10 Å². The first-order chi connectivity index (χ1) is 10.8. The van der Waals surface area contributed by atoms with Crippen molar-refractivity contribution in [3.8, 4) is 0 Å². The Morgan fingerprint density at radius 2 is 2.18 bits per heavy atom. The lowest BCUT2D eigenvalue weighted by Crippen LogP contribution is -2.37. The van der Waals surface area contributed by atoms with Gasteiger partial charge in [0.25, 0.3) is 5.91 Å². The van der Waals surface area contributed by atoms with Crippen molar-refractivity contribution in [3.63, 3.8) is 0 Å². The number of H-pyrrole nitrogens is 1. The molecule has 1 aromatic heterocycles. The minimum atomic E-state index is -0.103. The highest BCUT2D eigenvalue weighted by molar-refractivity contribution is 5.95. The van der Waals surface area contributed by atoms with Crippen LogP contribution in [0.25, 0.3) is 0 Å². The Kier molecular flexibility index (Phi) is 4.60. The summed E-state index contributed by atoms with van der Waals surface area (Å²) in [5, 5.41) is 12.7. The molecule has 3 amide bonds. The summed E-state index contributed by atoms with van der Waals surface area (Å²) in [7, 11) is 0. The molecule has 1 aromatic rings. The lowest BCUT2D eigenvalue weighted by molar-refractivity contribution is 0.0948. The van der Waals surface area contributed by atoms with Crippen LogP contribution in [0.5, 0.6) is 0 Å². The fourth-order valence-corrected chi connectivity index (χ4v) is 3.30. The highest BCUT2D eigenvalue weighted by atomic mass is 16.2. The molecule has 3 rings (SSSR count). The van der Waals surface area contributed by atoms with Crippen LogP contribution in [0.3, 0.4) is 0 Å². The van der Waals surface area contributed by atoms with Gasteiger partial charge in [0.2, 0.25) is 0 Å². The third kappa shape index (κ3) is 3.23. The maximum Gasteiger partial charge on any atom is 0.317 e. The van der Waals surface area contributed by atoms with Crippen LogP contribution in [0.1, 0.15) is 54.1 Å². The van der Waals surface area contributed by atoms with Gasteiger partial charge in [-0.1, -0.05) is 19.3 Å². The van der Waals surface area contributed by atoms with E-state index in [1.165, 1.54) is 19.3 Å². The van der Waals surface area contributed by atoms with Crippen molar-refractivity contribution >= 4 is 11.9 Å². The molecule has 1 aliphatic carbocycles. The zero-order valence-electron chi connectivity index (χ0n) is 12.7. The molecule has 0 radical (unpaired) electrons. The second kappa shape index (κ2) is 6.81. The van der Waals surface area contributed by atoms with E-state index in [1.807, 2.05) is 0 Å². The van der Waals surface area contributed by atoms with Crippen molar-refractivity contribution in [2.45, 2.75) is 38.0 Å². The van der Waals surface area contributed by atoms with Gasteiger partial charge < -0.3 is 15.5 Å². The lowest BCUT2D eigenvalue weighted by atomic mass is 9.85. The third-order valence-corrected chi connectivity index (χ3v) is 4.54. The Balaban J connectivity index is 1.53. The van der Waals surface area contributed by atoms with Crippen LogP contribution in [0.15, 0.2) is 6.20 Å². The van der Waals surface area contributed by atoms with Crippen molar-refractivity contribution in [1.29, 1.82) is 0 Å². The lowest BCUT2D eigenvalue weighted by Gasteiger charge is -2.21. The molecule has 1 aliphatic heterocycles. The van der Waals surface area contributed by atoms with Crippen LogP contribution >= 0.6 is 0 Å². The van der Waals surface area contributed by atoms with Gasteiger partial charge >= 0.3 is 6.03 Å². The SMILES string of the molecule is O=C(NCCN1CCNC1=O)c1cn[nH]c1C1CCCCC1. The van der Waals surface area contributed by atoms with E-state index in [0.29, 0.717) is 37.7 Å². The van der Waals surface area contributed by atoms with E-state index in [-0.39, 0.29) is 11.9 Å². The predicted molar refractivity (Wildman–Crippen MR) is 81.7 cm³/mol. The quantitative estimate of drug-likeness (QED) is 0.764. The molecular weight excluding hydrogens is 282 g/mol. The van der Waals surface area contributed by atoms with Crippen LogP contribution < -0.4 is 10.6 Å². The normalized spacial score (nSPS) is 19.3.